The lowest BCUT2D eigenvalue weighted by atomic mass is 9.90. The van der Waals surface area contributed by atoms with Crippen LogP contribution in [0.5, 0.6) is 0 Å². The second kappa shape index (κ2) is 5.23. The van der Waals surface area contributed by atoms with Crippen molar-refractivity contribution in [3.05, 3.63) is 59.7 Å². The summed E-state index contributed by atoms with van der Waals surface area (Å²) in [6.45, 7) is 0. The first-order valence-electron chi connectivity index (χ1n) is 8.74. The maximum absolute atomic E-state index is 9.70. The van der Waals surface area contributed by atoms with Gasteiger partial charge in [0.2, 0.25) is 0 Å². The average molecular weight is 316 g/mol. The van der Waals surface area contributed by atoms with Crippen molar-refractivity contribution in [1.82, 2.24) is 0 Å². The highest BCUT2D eigenvalue weighted by Crippen LogP contribution is 2.49. The van der Waals surface area contributed by atoms with Gasteiger partial charge in [-0.1, -0.05) is 53.7 Å². The van der Waals surface area contributed by atoms with Crippen LogP contribution in [0.3, 0.4) is 0 Å². The van der Waals surface area contributed by atoms with Crippen molar-refractivity contribution < 1.29 is 5.21 Å². The number of rotatable bonds is 1. The Kier molecular flexibility index (Phi) is 3.02. The first kappa shape index (κ1) is 13.8. The van der Waals surface area contributed by atoms with Crippen LogP contribution in [-0.2, 0) is 0 Å². The van der Waals surface area contributed by atoms with Gasteiger partial charge in [0.05, 0.1) is 11.8 Å². The number of para-hydroxylation sites is 2. The summed E-state index contributed by atoms with van der Waals surface area (Å²) in [6, 6.07) is 17.2. The molecule has 2 aromatic rings. The molecule has 3 atom stereocenters. The van der Waals surface area contributed by atoms with Crippen LogP contribution in [0.25, 0.3) is 12.2 Å². The third-order valence-electron chi connectivity index (χ3n) is 5.87. The van der Waals surface area contributed by atoms with Gasteiger partial charge in [0.25, 0.3) is 0 Å². The van der Waals surface area contributed by atoms with E-state index in [0.29, 0.717) is 11.8 Å². The lowest BCUT2D eigenvalue weighted by Gasteiger charge is -2.37. The Morgan fingerprint density at radius 2 is 1.50 bits per heavy atom. The third kappa shape index (κ3) is 1.87. The van der Waals surface area contributed by atoms with Gasteiger partial charge in [0.15, 0.2) is 0 Å². The van der Waals surface area contributed by atoms with Crippen molar-refractivity contribution in [2.75, 3.05) is 4.90 Å². The topological polar surface area (TPSA) is 35.8 Å². The standard InChI is InChI=1S/C21H20N2O/c24-22-20-16-11-12-17(13-16)21(20)23-18-7-3-1-5-14(18)9-10-15-6-2-4-8-19(15)23/h1-10,16-17,21,24H,11-13H2/b22-20+/t16-,17+,21+/m0/s1. The molecule has 0 radical (unpaired) electrons. The van der Waals surface area contributed by atoms with Gasteiger partial charge in [-0.3, -0.25) is 0 Å². The fraction of sp³-hybridized carbons (Fsp3) is 0.286. The first-order chi connectivity index (χ1) is 11.9. The zero-order chi connectivity index (χ0) is 16.1. The third-order valence-corrected chi connectivity index (χ3v) is 5.87. The molecule has 2 saturated carbocycles. The SMILES string of the molecule is O/N=C1\[C@H]2CC[C@H](C2)[C@H]1N1c2ccccc2C=Cc2ccccc21. The van der Waals surface area contributed by atoms with E-state index in [1.807, 2.05) is 0 Å². The fourth-order valence-electron chi connectivity index (χ4n) is 4.84. The molecule has 2 bridgehead atoms. The van der Waals surface area contributed by atoms with Gasteiger partial charge in [-0.15, -0.1) is 0 Å². The summed E-state index contributed by atoms with van der Waals surface area (Å²) in [5.74, 6) is 1.01. The monoisotopic (exact) mass is 316 g/mol. The molecule has 3 heteroatoms. The van der Waals surface area contributed by atoms with Gasteiger partial charge in [-0.2, -0.15) is 0 Å². The first-order valence-corrected chi connectivity index (χ1v) is 8.74. The maximum Gasteiger partial charge on any atom is 0.0832 e. The lowest BCUT2D eigenvalue weighted by molar-refractivity contribution is 0.311. The van der Waals surface area contributed by atoms with Crippen LogP contribution >= 0.6 is 0 Å². The minimum Gasteiger partial charge on any atom is -0.411 e. The number of anilines is 2. The van der Waals surface area contributed by atoms with Gasteiger partial charge in [0.1, 0.15) is 0 Å². The molecule has 2 aromatic carbocycles. The molecule has 1 heterocycles. The fourth-order valence-corrected chi connectivity index (χ4v) is 4.84. The van der Waals surface area contributed by atoms with Crippen molar-refractivity contribution in [3.63, 3.8) is 0 Å². The molecule has 3 aliphatic rings. The van der Waals surface area contributed by atoms with Crippen molar-refractivity contribution >= 4 is 29.2 Å². The van der Waals surface area contributed by atoms with Gasteiger partial charge >= 0.3 is 0 Å². The molecular formula is C21H20N2O. The summed E-state index contributed by atoms with van der Waals surface area (Å²) >= 11 is 0. The van der Waals surface area contributed by atoms with E-state index in [1.54, 1.807) is 0 Å². The average Bonchev–Trinajstić information content (AvgIpc) is 3.19. The summed E-state index contributed by atoms with van der Waals surface area (Å²) in [4.78, 5) is 2.42. The minimum atomic E-state index is 0.163. The van der Waals surface area contributed by atoms with Crippen molar-refractivity contribution in [3.8, 4) is 0 Å². The molecule has 2 aliphatic carbocycles. The summed E-state index contributed by atoms with van der Waals surface area (Å²) < 4.78 is 0. The highest BCUT2D eigenvalue weighted by atomic mass is 16.4. The van der Waals surface area contributed by atoms with Crippen LogP contribution < -0.4 is 4.90 Å². The molecule has 0 spiro atoms. The van der Waals surface area contributed by atoms with Crippen molar-refractivity contribution in [2.24, 2.45) is 17.0 Å². The van der Waals surface area contributed by atoms with Crippen LogP contribution in [0.1, 0.15) is 30.4 Å². The second-order valence-electron chi connectivity index (χ2n) is 7.06. The smallest absolute Gasteiger partial charge is 0.0832 e. The quantitative estimate of drug-likeness (QED) is 0.597. The summed E-state index contributed by atoms with van der Waals surface area (Å²) in [5, 5.41) is 13.5. The van der Waals surface area contributed by atoms with E-state index in [4.69, 9.17) is 0 Å². The van der Waals surface area contributed by atoms with E-state index >= 15 is 0 Å². The van der Waals surface area contributed by atoms with E-state index in [9.17, 15) is 5.21 Å². The molecule has 1 aliphatic heterocycles. The van der Waals surface area contributed by atoms with Crippen molar-refractivity contribution in [2.45, 2.75) is 25.3 Å². The van der Waals surface area contributed by atoms with E-state index in [-0.39, 0.29) is 6.04 Å². The lowest BCUT2D eigenvalue weighted by Crippen LogP contribution is -2.42. The Hall–Kier alpha value is -2.55. The Morgan fingerprint density at radius 3 is 2.12 bits per heavy atom. The number of fused-ring (bicyclic) bond motifs is 4. The molecule has 5 rings (SSSR count). The van der Waals surface area contributed by atoms with Gasteiger partial charge in [-0.05, 0) is 48.4 Å². The Morgan fingerprint density at radius 1 is 0.875 bits per heavy atom. The molecule has 1 N–H and O–H groups in total. The maximum atomic E-state index is 9.70. The molecule has 0 saturated heterocycles. The minimum absolute atomic E-state index is 0.163. The molecule has 0 amide bonds. The summed E-state index contributed by atoms with van der Waals surface area (Å²) in [7, 11) is 0. The Bertz CT molecular complexity index is 805. The largest absolute Gasteiger partial charge is 0.411 e. The van der Waals surface area contributed by atoms with Crippen molar-refractivity contribution in [1.29, 1.82) is 0 Å². The summed E-state index contributed by atoms with van der Waals surface area (Å²) in [6.07, 6.45) is 7.92. The van der Waals surface area contributed by atoms with E-state index < -0.39 is 0 Å². The van der Waals surface area contributed by atoms with E-state index in [0.717, 1.165) is 18.6 Å². The van der Waals surface area contributed by atoms with Gasteiger partial charge in [-0.25, -0.2) is 0 Å². The van der Waals surface area contributed by atoms with Gasteiger partial charge < -0.3 is 10.1 Å². The number of benzene rings is 2. The van der Waals surface area contributed by atoms with Crippen LogP contribution in [-0.4, -0.2) is 17.0 Å². The van der Waals surface area contributed by atoms with Crippen LogP contribution in [0.2, 0.25) is 0 Å². The number of nitrogens with zero attached hydrogens (tertiary/aromatic N) is 2. The number of hydrogen-bond acceptors (Lipinski definition) is 3. The molecule has 0 unspecified atom stereocenters. The molecule has 3 nitrogen and oxygen atoms in total. The highest BCUT2D eigenvalue weighted by Gasteiger charge is 2.49. The molecule has 24 heavy (non-hydrogen) atoms. The van der Waals surface area contributed by atoms with E-state index in [1.165, 1.54) is 28.9 Å². The number of hydrogen-bond donors (Lipinski definition) is 1. The van der Waals surface area contributed by atoms with E-state index in [2.05, 4.69) is 70.7 Å². The molecule has 0 aromatic heterocycles. The predicted octanol–water partition coefficient (Wildman–Crippen LogP) is 4.94. The Balaban J connectivity index is 1.74. The Labute approximate surface area is 141 Å². The van der Waals surface area contributed by atoms with Crippen LogP contribution in [0.4, 0.5) is 11.4 Å². The number of oxime groups is 1. The molecule has 120 valence electrons. The predicted molar refractivity (Wildman–Crippen MR) is 97.8 cm³/mol. The zero-order valence-electron chi connectivity index (χ0n) is 13.5. The molecular weight excluding hydrogens is 296 g/mol. The second-order valence-corrected chi connectivity index (χ2v) is 7.06. The summed E-state index contributed by atoms with van der Waals surface area (Å²) in [5.41, 5.74) is 5.81. The zero-order valence-corrected chi connectivity index (χ0v) is 13.5. The normalized spacial score (nSPS) is 28.8. The van der Waals surface area contributed by atoms with Crippen LogP contribution in [0.15, 0.2) is 53.7 Å². The molecule has 2 fully saturated rings. The highest BCUT2D eigenvalue weighted by molar-refractivity contribution is 6.01. The van der Waals surface area contributed by atoms with Crippen LogP contribution in [0, 0.1) is 11.8 Å². The van der Waals surface area contributed by atoms with Gasteiger partial charge in [0, 0.05) is 17.3 Å².